The molecule has 3 rings (SSSR count). The number of nitrogens with one attached hydrogen (secondary N) is 2. The molecule has 166 valence electrons. The predicted molar refractivity (Wildman–Crippen MR) is 130 cm³/mol. The number of carbonyl (C=O) groups excluding carboxylic acids is 2. The molecule has 3 aromatic rings. The quantitative estimate of drug-likeness (QED) is 0.512. The molecule has 0 aliphatic heterocycles. The average Bonchev–Trinajstić information content (AvgIpc) is 3.02. The fourth-order valence-electron chi connectivity index (χ4n) is 3.24. The van der Waals surface area contributed by atoms with E-state index < -0.39 is 0 Å². The summed E-state index contributed by atoms with van der Waals surface area (Å²) >= 11 is 0. The van der Waals surface area contributed by atoms with Crippen LogP contribution in [0, 0.1) is 26.7 Å². The molecule has 0 aliphatic carbocycles. The van der Waals surface area contributed by atoms with Crippen LogP contribution in [-0.2, 0) is 16.1 Å². The Morgan fingerprint density at radius 1 is 0.938 bits per heavy atom. The van der Waals surface area contributed by atoms with Gasteiger partial charge < -0.3 is 10.6 Å². The van der Waals surface area contributed by atoms with Gasteiger partial charge in [-0.3, -0.25) is 14.3 Å². The SMILES string of the molecule is Cc1ccc(Cn2nc(C)c(/C=C/C(=O)Nc3ccc(NC(=O)C(C)C)cc3)c2C)cc1. The summed E-state index contributed by atoms with van der Waals surface area (Å²) in [4.78, 5) is 24.2. The van der Waals surface area contributed by atoms with E-state index in [2.05, 4.69) is 46.9 Å². The van der Waals surface area contributed by atoms with E-state index in [9.17, 15) is 9.59 Å². The summed E-state index contributed by atoms with van der Waals surface area (Å²) < 4.78 is 1.96. The second-order valence-corrected chi connectivity index (χ2v) is 8.27. The Morgan fingerprint density at radius 3 is 2.12 bits per heavy atom. The standard InChI is InChI=1S/C26H30N4O2/c1-17(2)26(32)28-23-12-10-22(11-13-23)27-25(31)15-14-24-19(4)29-30(20(24)5)16-21-8-6-18(3)7-9-21/h6-15,17H,16H2,1-5H3,(H,27,31)(H,28,32)/b15-14+. The van der Waals surface area contributed by atoms with Gasteiger partial charge in [-0.1, -0.05) is 43.7 Å². The van der Waals surface area contributed by atoms with Gasteiger partial charge in [-0.15, -0.1) is 0 Å². The number of hydrogen-bond donors (Lipinski definition) is 2. The first kappa shape index (κ1) is 23.0. The molecule has 2 N–H and O–H groups in total. The minimum atomic E-state index is -0.228. The first-order valence-corrected chi connectivity index (χ1v) is 10.7. The van der Waals surface area contributed by atoms with Crippen LogP contribution < -0.4 is 10.6 Å². The largest absolute Gasteiger partial charge is 0.326 e. The third kappa shape index (κ3) is 5.94. The van der Waals surface area contributed by atoms with E-state index in [0.29, 0.717) is 17.9 Å². The lowest BCUT2D eigenvalue weighted by atomic mass is 10.1. The van der Waals surface area contributed by atoms with Crippen molar-refractivity contribution in [3.63, 3.8) is 0 Å². The predicted octanol–water partition coefficient (Wildman–Crippen LogP) is 5.10. The fraction of sp³-hybridized carbons (Fsp3) is 0.269. The Morgan fingerprint density at radius 2 is 1.53 bits per heavy atom. The number of amides is 2. The Bertz CT molecular complexity index is 1120. The highest BCUT2D eigenvalue weighted by molar-refractivity contribution is 6.02. The molecule has 1 aromatic heterocycles. The van der Waals surface area contributed by atoms with Crippen LogP contribution in [0.15, 0.2) is 54.6 Å². The van der Waals surface area contributed by atoms with Crippen LogP contribution in [-0.4, -0.2) is 21.6 Å². The molecule has 6 nitrogen and oxygen atoms in total. The van der Waals surface area contributed by atoms with Gasteiger partial charge in [-0.2, -0.15) is 5.10 Å². The van der Waals surface area contributed by atoms with E-state index in [1.165, 1.54) is 17.2 Å². The fourth-order valence-corrected chi connectivity index (χ4v) is 3.24. The Hall–Kier alpha value is -3.67. The molecule has 0 atom stereocenters. The van der Waals surface area contributed by atoms with Crippen LogP contribution in [0.3, 0.4) is 0 Å². The monoisotopic (exact) mass is 430 g/mol. The van der Waals surface area contributed by atoms with Crippen molar-refractivity contribution in [2.75, 3.05) is 10.6 Å². The smallest absolute Gasteiger partial charge is 0.248 e. The van der Waals surface area contributed by atoms with Gasteiger partial charge in [0.15, 0.2) is 0 Å². The first-order valence-electron chi connectivity index (χ1n) is 10.7. The zero-order valence-electron chi connectivity index (χ0n) is 19.3. The Balaban J connectivity index is 1.63. The van der Waals surface area contributed by atoms with Crippen LogP contribution in [0.25, 0.3) is 6.08 Å². The van der Waals surface area contributed by atoms with Gasteiger partial charge in [0.25, 0.3) is 0 Å². The molecule has 32 heavy (non-hydrogen) atoms. The van der Waals surface area contributed by atoms with E-state index >= 15 is 0 Å². The van der Waals surface area contributed by atoms with Crippen molar-refractivity contribution in [1.82, 2.24) is 9.78 Å². The van der Waals surface area contributed by atoms with Gasteiger partial charge in [-0.25, -0.2) is 0 Å². The van der Waals surface area contributed by atoms with Gasteiger partial charge in [0.05, 0.1) is 12.2 Å². The van der Waals surface area contributed by atoms with Gasteiger partial charge >= 0.3 is 0 Å². The highest BCUT2D eigenvalue weighted by atomic mass is 16.2. The van der Waals surface area contributed by atoms with Crippen LogP contribution in [0.1, 0.15) is 41.9 Å². The maximum Gasteiger partial charge on any atom is 0.248 e. The average molecular weight is 431 g/mol. The Labute approximate surface area is 189 Å². The summed E-state index contributed by atoms with van der Waals surface area (Å²) in [7, 11) is 0. The summed E-state index contributed by atoms with van der Waals surface area (Å²) in [6, 6.07) is 15.5. The van der Waals surface area contributed by atoms with Crippen LogP contribution in [0.5, 0.6) is 0 Å². The molecule has 2 aromatic carbocycles. The van der Waals surface area contributed by atoms with Crippen molar-refractivity contribution in [2.24, 2.45) is 5.92 Å². The van der Waals surface area contributed by atoms with Gasteiger partial charge in [-0.05, 0) is 56.7 Å². The molecule has 0 unspecified atom stereocenters. The number of benzene rings is 2. The number of rotatable bonds is 7. The molecule has 6 heteroatoms. The molecule has 0 spiro atoms. The van der Waals surface area contributed by atoms with Crippen LogP contribution in [0.4, 0.5) is 11.4 Å². The molecular formula is C26H30N4O2. The topological polar surface area (TPSA) is 76.0 Å². The normalized spacial score (nSPS) is 11.2. The second-order valence-electron chi connectivity index (χ2n) is 8.27. The second kappa shape index (κ2) is 10.1. The van der Waals surface area contributed by atoms with Crippen LogP contribution >= 0.6 is 0 Å². The summed E-state index contributed by atoms with van der Waals surface area (Å²) in [5.74, 6) is -0.361. The van der Waals surface area contributed by atoms with Crippen molar-refractivity contribution in [3.05, 3.63) is 82.7 Å². The molecular weight excluding hydrogens is 400 g/mol. The lowest BCUT2D eigenvalue weighted by Crippen LogP contribution is -2.17. The molecule has 0 saturated carbocycles. The molecule has 0 radical (unpaired) electrons. The number of carbonyl (C=O) groups is 2. The van der Waals surface area contributed by atoms with E-state index in [1.807, 2.05) is 32.4 Å². The van der Waals surface area contributed by atoms with Crippen molar-refractivity contribution in [3.8, 4) is 0 Å². The third-order valence-corrected chi connectivity index (χ3v) is 5.24. The van der Waals surface area contributed by atoms with Gasteiger partial charge in [0, 0.05) is 34.6 Å². The number of aryl methyl sites for hydroxylation is 2. The zero-order chi connectivity index (χ0) is 23.3. The van der Waals surface area contributed by atoms with Crippen molar-refractivity contribution in [2.45, 2.75) is 41.2 Å². The highest BCUT2D eigenvalue weighted by Gasteiger charge is 2.10. The minimum Gasteiger partial charge on any atom is -0.326 e. The maximum atomic E-state index is 12.4. The van der Waals surface area contributed by atoms with E-state index in [1.54, 1.807) is 30.3 Å². The number of hydrogen-bond acceptors (Lipinski definition) is 3. The number of nitrogens with zero attached hydrogens (tertiary/aromatic N) is 2. The lowest BCUT2D eigenvalue weighted by molar-refractivity contribution is -0.119. The van der Waals surface area contributed by atoms with E-state index in [0.717, 1.165) is 17.0 Å². The number of aromatic nitrogens is 2. The third-order valence-electron chi connectivity index (χ3n) is 5.24. The van der Waals surface area contributed by atoms with Crippen molar-refractivity contribution in [1.29, 1.82) is 0 Å². The lowest BCUT2D eigenvalue weighted by Gasteiger charge is -2.08. The summed E-state index contributed by atoms with van der Waals surface area (Å²) in [5, 5.41) is 10.3. The van der Waals surface area contributed by atoms with Gasteiger partial charge in [0.2, 0.25) is 11.8 Å². The van der Waals surface area contributed by atoms with Gasteiger partial charge in [0.1, 0.15) is 0 Å². The van der Waals surface area contributed by atoms with Crippen LogP contribution in [0.2, 0.25) is 0 Å². The number of anilines is 2. The highest BCUT2D eigenvalue weighted by Crippen LogP contribution is 2.18. The van der Waals surface area contributed by atoms with E-state index in [-0.39, 0.29) is 17.7 Å². The summed E-state index contributed by atoms with van der Waals surface area (Å²) in [6.07, 6.45) is 3.32. The zero-order valence-corrected chi connectivity index (χ0v) is 19.3. The van der Waals surface area contributed by atoms with Crippen molar-refractivity contribution < 1.29 is 9.59 Å². The Kier molecular flexibility index (Phi) is 7.25. The summed E-state index contributed by atoms with van der Waals surface area (Å²) in [5.41, 5.74) is 6.60. The summed E-state index contributed by atoms with van der Waals surface area (Å²) in [6.45, 7) is 10.4. The first-order chi connectivity index (χ1) is 15.2. The maximum absolute atomic E-state index is 12.4. The molecule has 0 bridgehead atoms. The van der Waals surface area contributed by atoms with Crippen molar-refractivity contribution >= 4 is 29.3 Å². The molecule has 0 fully saturated rings. The molecule has 0 aliphatic rings. The van der Waals surface area contributed by atoms with E-state index in [4.69, 9.17) is 0 Å². The molecule has 2 amide bonds. The molecule has 0 saturated heterocycles. The minimum absolute atomic E-state index is 0.0432. The molecule has 1 heterocycles.